The molecule has 0 aromatic heterocycles. The summed E-state index contributed by atoms with van der Waals surface area (Å²) in [6.45, 7) is 5.46. The third-order valence-electron chi connectivity index (χ3n) is 5.51. The highest BCUT2D eigenvalue weighted by Gasteiger charge is 2.16. The number of nitrogens with one attached hydrogen (secondary N) is 3. The average molecular weight is 574 g/mol. The molecule has 2 aromatic rings. The maximum atomic E-state index is 12.2. The van der Waals surface area contributed by atoms with E-state index in [0.29, 0.717) is 45.1 Å². The summed E-state index contributed by atoms with van der Waals surface area (Å²) in [5, 5.41) is 10.9. The zero-order chi connectivity index (χ0) is 28.7. The van der Waals surface area contributed by atoms with Crippen molar-refractivity contribution in [2.75, 3.05) is 25.6 Å². The molecule has 0 aliphatic rings. The molecule has 0 spiro atoms. The molecule has 214 valence electrons. The van der Waals surface area contributed by atoms with Gasteiger partial charge in [-0.15, -0.1) is 0 Å². The number of benzene rings is 2. The topological polar surface area (TPSA) is 104 Å². The van der Waals surface area contributed by atoms with Crippen molar-refractivity contribution in [1.82, 2.24) is 16.0 Å². The number of thioether (sulfide) groups is 1. The van der Waals surface area contributed by atoms with Gasteiger partial charge in [0.05, 0.1) is 0 Å². The van der Waals surface area contributed by atoms with Crippen molar-refractivity contribution in [2.45, 2.75) is 65.2 Å². The Bertz CT molecular complexity index is 937. The Morgan fingerprint density at radius 3 is 1.54 bits per heavy atom. The van der Waals surface area contributed by atoms with Gasteiger partial charge in [-0.2, -0.15) is 0 Å². The van der Waals surface area contributed by atoms with Crippen LogP contribution in [0.25, 0.3) is 0 Å². The molecule has 0 bridgehead atoms. The van der Waals surface area contributed by atoms with Gasteiger partial charge < -0.3 is 16.0 Å². The fourth-order valence-electron chi connectivity index (χ4n) is 3.36. The largest absolute Gasteiger partial charge is 0.359 e. The molecular formula is C30H44N3O4PS. The molecule has 39 heavy (non-hydrogen) atoms. The van der Waals surface area contributed by atoms with Crippen molar-refractivity contribution in [3.8, 4) is 0 Å². The molecule has 9 heteroatoms. The summed E-state index contributed by atoms with van der Waals surface area (Å²) in [4.78, 5) is 45.6. The number of hydrogen-bond donors (Lipinski definition) is 3. The van der Waals surface area contributed by atoms with Crippen molar-refractivity contribution in [2.24, 2.45) is 0 Å². The van der Waals surface area contributed by atoms with Gasteiger partial charge in [-0.25, -0.2) is 0 Å². The molecular weight excluding hydrogens is 529 g/mol. The fraction of sp³-hybridized carbons (Fsp3) is 0.467. The number of hydrogen-bond acceptors (Lipinski definition) is 5. The molecule has 0 atom stereocenters. The number of rotatable bonds is 16. The molecule has 0 aliphatic heterocycles. The van der Waals surface area contributed by atoms with Gasteiger partial charge in [0.15, 0.2) is 5.12 Å². The van der Waals surface area contributed by atoms with Crippen LogP contribution >= 0.6 is 19.7 Å². The Balaban J connectivity index is 0.000000495. The van der Waals surface area contributed by atoms with E-state index in [4.69, 9.17) is 0 Å². The van der Waals surface area contributed by atoms with Gasteiger partial charge in [-0.1, -0.05) is 86.3 Å². The average Bonchev–Trinajstić information content (AvgIpc) is 2.96. The minimum absolute atomic E-state index is 0.0108. The first-order valence-corrected chi connectivity index (χ1v) is 16.2. The summed E-state index contributed by atoms with van der Waals surface area (Å²) in [7, 11) is 1.04. The number of carbonyl (C=O) groups is 4. The first kappa shape index (κ1) is 34.3. The molecule has 2 rings (SSSR count). The van der Waals surface area contributed by atoms with Crippen LogP contribution in [0.2, 0.25) is 0 Å². The van der Waals surface area contributed by atoms with Gasteiger partial charge in [-0.3, -0.25) is 19.2 Å². The quantitative estimate of drug-likeness (QED) is 0.257. The second-order valence-electron chi connectivity index (χ2n) is 8.82. The van der Waals surface area contributed by atoms with E-state index in [1.165, 1.54) is 22.4 Å². The van der Waals surface area contributed by atoms with Gasteiger partial charge in [0, 0.05) is 51.3 Å². The summed E-state index contributed by atoms with van der Waals surface area (Å²) < 4.78 is 0. The first-order chi connectivity index (χ1) is 18.9. The molecule has 0 unspecified atom stereocenters. The van der Waals surface area contributed by atoms with Gasteiger partial charge in [0.2, 0.25) is 17.7 Å². The lowest BCUT2D eigenvalue weighted by atomic mass is 10.2. The Labute approximate surface area is 239 Å². The summed E-state index contributed by atoms with van der Waals surface area (Å²) in [6.07, 6.45) is 4.87. The Kier molecular flexibility index (Phi) is 19.5. The molecule has 0 fully saturated rings. The first-order valence-electron chi connectivity index (χ1n) is 13.7. The highest BCUT2D eigenvalue weighted by atomic mass is 32.2. The minimum Gasteiger partial charge on any atom is -0.359 e. The number of amides is 3. The van der Waals surface area contributed by atoms with Crippen molar-refractivity contribution in [1.29, 1.82) is 0 Å². The predicted molar refractivity (Wildman–Crippen MR) is 165 cm³/mol. The molecule has 7 nitrogen and oxygen atoms in total. The van der Waals surface area contributed by atoms with Crippen LogP contribution in [0.4, 0.5) is 0 Å². The van der Waals surface area contributed by atoms with Crippen LogP contribution in [-0.2, 0) is 19.2 Å². The van der Waals surface area contributed by atoms with Gasteiger partial charge in [0.25, 0.3) is 0 Å². The molecule has 0 aliphatic carbocycles. The standard InChI is InChI=1S/C21H26NO2PS.C9H18N2O2/c1-2-16-22-20(23)14-9-15-21(24)26-17-25(18-10-5-3-6-11-18)19-12-7-4-8-13-19;1-3-7-11-9(13)6-4-5-8(12)10-2/h3-8,10-13H,2,9,14-17H2,1H3,(H,22,23);3-7H2,1-2H3,(H,10,12)(H,11,13). The Morgan fingerprint density at radius 1 is 0.667 bits per heavy atom. The third kappa shape index (κ3) is 16.8. The maximum absolute atomic E-state index is 12.2. The molecule has 2 aromatic carbocycles. The second kappa shape index (κ2) is 22.2. The summed E-state index contributed by atoms with van der Waals surface area (Å²) >= 11 is 1.40. The van der Waals surface area contributed by atoms with Crippen LogP contribution in [0.15, 0.2) is 60.7 Å². The molecule has 3 amide bonds. The fourth-order valence-corrected chi connectivity index (χ4v) is 7.29. The van der Waals surface area contributed by atoms with Crippen LogP contribution in [0.5, 0.6) is 0 Å². The van der Waals surface area contributed by atoms with Crippen molar-refractivity contribution >= 4 is 53.1 Å². The molecule has 0 heterocycles. The van der Waals surface area contributed by atoms with E-state index in [1.54, 1.807) is 7.05 Å². The van der Waals surface area contributed by atoms with Gasteiger partial charge in [-0.05, 0) is 44.2 Å². The Morgan fingerprint density at radius 2 is 1.10 bits per heavy atom. The minimum atomic E-state index is -0.556. The van der Waals surface area contributed by atoms with Crippen LogP contribution in [0, 0.1) is 0 Å². The monoisotopic (exact) mass is 573 g/mol. The summed E-state index contributed by atoms with van der Waals surface area (Å²) in [6, 6.07) is 20.8. The van der Waals surface area contributed by atoms with Gasteiger partial charge >= 0.3 is 0 Å². The van der Waals surface area contributed by atoms with Crippen molar-refractivity contribution < 1.29 is 19.2 Å². The van der Waals surface area contributed by atoms with E-state index in [0.717, 1.165) is 24.9 Å². The summed E-state index contributed by atoms with van der Waals surface area (Å²) in [5.41, 5.74) is 0.782. The van der Waals surface area contributed by atoms with Crippen LogP contribution in [0.1, 0.15) is 65.2 Å². The lowest BCUT2D eigenvalue weighted by molar-refractivity contribution is -0.123. The lowest BCUT2D eigenvalue weighted by Crippen LogP contribution is -2.24. The molecule has 0 radical (unpaired) electrons. The van der Waals surface area contributed by atoms with E-state index in [-0.39, 0.29) is 22.8 Å². The zero-order valence-electron chi connectivity index (χ0n) is 23.5. The molecule has 3 N–H and O–H groups in total. The molecule has 0 saturated heterocycles. The zero-order valence-corrected chi connectivity index (χ0v) is 25.3. The SMILES string of the molecule is CCCNC(=O)CCCC(=O)NC.CCCNC(=O)CCCC(=O)SCP(c1ccccc1)c1ccccc1. The van der Waals surface area contributed by atoms with E-state index >= 15 is 0 Å². The highest BCUT2D eigenvalue weighted by Crippen LogP contribution is 2.38. The van der Waals surface area contributed by atoms with Crippen LogP contribution in [0.3, 0.4) is 0 Å². The van der Waals surface area contributed by atoms with Crippen molar-refractivity contribution in [3.63, 3.8) is 0 Å². The lowest BCUT2D eigenvalue weighted by Gasteiger charge is -2.17. The molecule has 0 saturated carbocycles. The van der Waals surface area contributed by atoms with E-state index in [2.05, 4.69) is 64.5 Å². The normalized spacial score (nSPS) is 10.3. The van der Waals surface area contributed by atoms with Crippen molar-refractivity contribution in [3.05, 3.63) is 60.7 Å². The van der Waals surface area contributed by atoms with Crippen LogP contribution < -0.4 is 26.6 Å². The van der Waals surface area contributed by atoms with Gasteiger partial charge in [0.1, 0.15) is 0 Å². The number of carbonyl (C=O) groups excluding carboxylic acids is 4. The highest BCUT2D eigenvalue weighted by molar-refractivity contribution is 8.18. The maximum Gasteiger partial charge on any atom is 0.220 e. The Hall–Kier alpha value is -2.70. The smallest absolute Gasteiger partial charge is 0.220 e. The second-order valence-corrected chi connectivity index (χ2v) is 12.5. The van der Waals surface area contributed by atoms with E-state index < -0.39 is 7.92 Å². The van der Waals surface area contributed by atoms with Crippen LogP contribution in [-0.4, -0.2) is 48.5 Å². The van der Waals surface area contributed by atoms with E-state index in [9.17, 15) is 19.2 Å². The third-order valence-corrected chi connectivity index (χ3v) is 9.42. The van der Waals surface area contributed by atoms with E-state index in [1.807, 2.05) is 26.0 Å². The predicted octanol–water partition coefficient (Wildman–Crippen LogP) is 4.46. The summed E-state index contributed by atoms with van der Waals surface area (Å²) in [5.74, 6) is 0.0644.